The smallest absolute Gasteiger partial charge is 0.267 e. The molecular weight excluding hydrogens is 345 g/mol. The lowest BCUT2D eigenvalue weighted by Gasteiger charge is -2.20. The maximum atomic E-state index is 13.4. The summed E-state index contributed by atoms with van der Waals surface area (Å²) in [4.78, 5) is 21.3. The number of carbonyl (C=O) groups is 1. The van der Waals surface area contributed by atoms with E-state index in [2.05, 4.69) is 22.2 Å². The summed E-state index contributed by atoms with van der Waals surface area (Å²) in [6.07, 6.45) is 0.916. The number of thiazole rings is 1. The van der Waals surface area contributed by atoms with Crippen LogP contribution in [0.3, 0.4) is 0 Å². The molecule has 0 aliphatic carbocycles. The second-order valence-electron chi connectivity index (χ2n) is 6.03. The van der Waals surface area contributed by atoms with Crippen molar-refractivity contribution in [2.45, 2.75) is 19.9 Å². The van der Waals surface area contributed by atoms with Crippen LogP contribution in [0.25, 0.3) is 10.1 Å². The van der Waals surface area contributed by atoms with E-state index in [0.29, 0.717) is 10.0 Å². The first-order valence-electron chi connectivity index (χ1n) is 7.68. The van der Waals surface area contributed by atoms with Gasteiger partial charge < -0.3 is 4.90 Å². The number of halogens is 1. The first-order valence-corrected chi connectivity index (χ1v) is 9.31. The van der Waals surface area contributed by atoms with Crippen LogP contribution in [0.2, 0.25) is 0 Å². The zero-order valence-electron chi connectivity index (χ0n) is 13.4. The van der Waals surface area contributed by atoms with Crippen LogP contribution in [0.1, 0.15) is 25.8 Å². The van der Waals surface area contributed by atoms with E-state index >= 15 is 0 Å². The number of aromatic nitrogens is 1. The van der Waals surface area contributed by atoms with Gasteiger partial charge in [-0.3, -0.25) is 10.1 Å². The normalized spacial score (nSPS) is 14.8. The summed E-state index contributed by atoms with van der Waals surface area (Å²) >= 11 is 2.92. The number of anilines is 1. The topological polar surface area (TPSA) is 45.2 Å². The van der Waals surface area contributed by atoms with Gasteiger partial charge in [-0.05, 0) is 43.1 Å². The zero-order valence-corrected chi connectivity index (χ0v) is 15.0. The third-order valence-electron chi connectivity index (χ3n) is 4.25. The lowest BCUT2D eigenvalue weighted by molar-refractivity contribution is 0.103. The largest absolute Gasteiger partial charge is 0.301 e. The van der Waals surface area contributed by atoms with Crippen LogP contribution < -0.4 is 5.32 Å². The number of hydrogen-bond donors (Lipinski definition) is 1. The van der Waals surface area contributed by atoms with E-state index in [9.17, 15) is 9.18 Å². The quantitative estimate of drug-likeness (QED) is 0.749. The highest BCUT2D eigenvalue weighted by Gasteiger charge is 2.21. The molecule has 7 heteroatoms. The van der Waals surface area contributed by atoms with Crippen LogP contribution in [-0.4, -0.2) is 29.4 Å². The number of aryl methyl sites for hydroxylation is 1. The second-order valence-corrected chi connectivity index (χ2v) is 8.16. The van der Waals surface area contributed by atoms with Crippen molar-refractivity contribution in [1.29, 1.82) is 0 Å². The lowest BCUT2D eigenvalue weighted by Crippen LogP contribution is -2.25. The molecule has 124 valence electrons. The minimum Gasteiger partial charge on any atom is -0.301 e. The van der Waals surface area contributed by atoms with Crippen molar-refractivity contribution in [3.63, 3.8) is 0 Å². The molecule has 3 heterocycles. The molecule has 1 aliphatic heterocycles. The molecule has 24 heavy (non-hydrogen) atoms. The number of fused-ring (bicyclic) bond motifs is 2. The van der Waals surface area contributed by atoms with E-state index in [1.807, 2.05) is 6.92 Å². The van der Waals surface area contributed by atoms with Crippen LogP contribution in [-0.2, 0) is 13.0 Å². The van der Waals surface area contributed by atoms with E-state index in [4.69, 9.17) is 0 Å². The summed E-state index contributed by atoms with van der Waals surface area (Å²) in [6, 6.07) is 4.62. The number of benzene rings is 1. The van der Waals surface area contributed by atoms with Crippen molar-refractivity contribution in [1.82, 2.24) is 9.88 Å². The van der Waals surface area contributed by atoms with Crippen molar-refractivity contribution in [2.24, 2.45) is 0 Å². The van der Waals surface area contributed by atoms with Crippen molar-refractivity contribution in [2.75, 3.05) is 18.9 Å². The molecule has 4 nitrogen and oxygen atoms in total. The molecule has 4 rings (SSSR count). The molecule has 3 aromatic rings. The maximum absolute atomic E-state index is 13.4. The van der Waals surface area contributed by atoms with E-state index < -0.39 is 0 Å². The molecular formula is C17H16FN3OS2. The molecule has 1 amide bonds. The first-order chi connectivity index (χ1) is 11.5. The molecule has 0 saturated carbocycles. The number of likely N-dealkylation sites (N-methyl/N-ethyl adjacent to an activating group) is 1. The average Bonchev–Trinajstić information content (AvgIpc) is 3.08. The highest BCUT2D eigenvalue weighted by atomic mass is 32.1. The van der Waals surface area contributed by atoms with E-state index in [1.54, 1.807) is 6.07 Å². The van der Waals surface area contributed by atoms with Crippen LogP contribution >= 0.6 is 22.7 Å². The standard InChI is InChI=1S/C17H16FN3OS2/c1-9-11-7-10(18)3-4-13(11)23-15(9)16(22)20-17-19-12-5-6-21(2)8-14(12)24-17/h3-4,7H,5-6,8H2,1-2H3,(H,19,20,22). The van der Waals surface area contributed by atoms with Crippen LogP contribution in [0.4, 0.5) is 9.52 Å². The number of nitrogens with one attached hydrogen (secondary N) is 1. The van der Waals surface area contributed by atoms with Gasteiger partial charge in [0, 0.05) is 29.1 Å². The molecule has 0 fully saturated rings. The average molecular weight is 361 g/mol. The number of hydrogen-bond acceptors (Lipinski definition) is 5. The predicted octanol–water partition coefficient (Wildman–Crippen LogP) is 4.05. The first kappa shape index (κ1) is 15.7. The van der Waals surface area contributed by atoms with Gasteiger partial charge in [-0.1, -0.05) is 0 Å². The number of amides is 1. The van der Waals surface area contributed by atoms with Gasteiger partial charge in [0.2, 0.25) is 0 Å². The highest BCUT2D eigenvalue weighted by molar-refractivity contribution is 7.21. The number of rotatable bonds is 2. The fourth-order valence-corrected chi connectivity index (χ4v) is 5.11. The van der Waals surface area contributed by atoms with E-state index in [-0.39, 0.29) is 11.7 Å². The van der Waals surface area contributed by atoms with Gasteiger partial charge in [0.15, 0.2) is 5.13 Å². The van der Waals surface area contributed by atoms with Crippen LogP contribution in [0.15, 0.2) is 18.2 Å². The number of thiophene rings is 1. The lowest BCUT2D eigenvalue weighted by atomic mass is 10.1. The minimum atomic E-state index is -0.285. The zero-order chi connectivity index (χ0) is 16.8. The fraction of sp³-hybridized carbons (Fsp3) is 0.294. The van der Waals surface area contributed by atoms with Crippen molar-refractivity contribution >= 4 is 43.8 Å². The molecule has 0 atom stereocenters. The molecule has 0 unspecified atom stereocenters. The Morgan fingerprint density at radius 1 is 1.38 bits per heavy atom. The number of carbonyl (C=O) groups excluding carboxylic acids is 1. The van der Waals surface area contributed by atoms with Gasteiger partial charge in [-0.2, -0.15) is 0 Å². The molecule has 1 aromatic carbocycles. The fourth-order valence-electron chi connectivity index (χ4n) is 2.94. The summed E-state index contributed by atoms with van der Waals surface area (Å²) in [7, 11) is 2.08. The highest BCUT2D eigenvalue weighted by Crippen LogP contribution is 2.33. The molecule has 0 radical (unpaired) electrons. The van der Waals surface area contributed by atoms with E-state index in [1.165, 1.54) is 39.7 Å². The predicted molar refractivity (Wildman–Crippen MR) is 96.6 cm³/mol. The minimum absolute atomic E-state index is 0.173. The second kappa shape index (κ2) is 5.91. The number of nitrogens with zero attached hydrogens (tertiary/aromatic N) is 2. The van der Waals surface area contributed by atoms with Crippen LogP contribution in [0.5, 0.6) is 0 Å². The maximum Gasteiger partial charge on any atom is 0.267 e. The van der Waals surface area contributed by atoms with Crippen molar-refractivity contribution < 1.29 is 9.18 Å². The SMILES string of the molecule is Cc1c(C(=O)Nc2nc3c(s2)CN(C)CC3)sc2ccc(F)cc12. The third-order valence-corrected chi connectivity index (χ3v) is 6.52. The van der Waals surface area contributed by atoms with Gasteiger partial charge in [0.25, 0.3) is 5.91 Å². The Bertz CT molecular complexity index is 947. The summed E-state index contributed by atoms with van der Waals surface area (Å²) < 4.78 is 14.3. The Morgan fingerprint density at radius 3 is 3.04 bits per heavy atom. The molecule has 0 saturated heterocycles. The summed E-state index contributed by atoms with van der Waals surface area (Å²) in [5.41, 5.74) is 1.90. The van der Waals surface area contributed by atoms with Gasteiger partial charge in [-0.25, -0.2) is 9.37 Å². The molecule has 0 spiro atoms. The van der Waals surface area contributed by atoms with Crippen molar-refractivity contribution in [3.05, 3.63) is 45.0 Å². The van der Waals surface area contributed by atoms with Crippen molar-refractivity contribution in [3.8, 4) is 0 Å². The van der Waals surface area contributed by atoms with Gasteiger partial charge in [0.1, 0.15) is 5.82 Å². The third kappa shape index (κ3) is 2.72. The summed E-state index contributed by atoms with van der Waals surface area (Å²) in [5, 5.41) is 4.35. The molecule has 2 aromatic heterocycles. The Kier molecular flexibility index (Phi) is 3.86. The molecule has 0 bridgehead atoms. The monoisotopic (exact) mass is 361 g/mol. The Labute approximate surface area is 146 Å². The molecule has 1 N–H and O–H groups in total. The van der Waals surface area contributed by atoms with Gasteiger partial charge in [-0.15, -0.1) is 22.7 Å². The van der Waals surface area contributed by atoms with Crippen LogP contribution in [0, 0.1) is 12.7 Å². The van der Waals surface area contributed by atoms with Gasteiger partial charge in [0.05, 0.1) is 10.6 Å². The Hall–Kier alpha value is -1.83. The van der Waals surface area contributed by atoms with E-state index in [0.717, 1.165) is 40.9 Å². The molecule has 1 aliphatic rings. The summed E-state index contributed by atoms with van der Waals surface area (Å²) in [6.45, 7) is 3.73. The Morgan fingerprint density at radius 2 is 2.21 bits per heavy atom. The Balaban J connectivity index is 1.62. The van der Waals surface area contributed by atoms with Gasteiger partial charge >= 0.3 is 0 Å². The summed E-state index contributed by atoms with van der Waals surface area (Å²) in [5.74, 6) is -0.458.